The van der Waals surface area contributed by atoms with Gasteiger partial charge in [-0.05, 0) is 31.1 Å². The van der Waals surface area contributed by atoms with E-state index in [-0.39, 0.29) is 31.1 Å². The van der Waals surface area contributed by atoms with Crippen LogP contribution >= 0.6 is 0 Å². The molecule has 0 N–H and O–H groups in total. The third-order valence-electron chi connectivity index (χ3n) is 11.3. The van der Waals surface area contributed by atoms with E-state index in [1.807, 2.05) is 0 Å². The highest BCUT2D eigenvalue weighted by molar-refractivity contribution is 5.71. The van der Waals surface area contributed by atoms with Crippen molar-refractivity contribution < 1.29 is 28.6 Å². The molecule has 0 aromatic heterocycles. The number of carbonyl (C=O) groups is 3. The van der Waals surface area contributed by atoms with Gasteiger partial charge in [0.15, 0.2) is 6.10 Å². The van der Waals surface area contributed by atoms with Crippen molar-refractivity contribution in [2.75, 3.05) is 13.2 Å². The summed E-state index contributed by atoms with van der Waals surface area (Å²) in [5.41, 5.74) is 0. The molecule has 0 aromatic carbocycles. The highest BCUT2D eigenvalue weighted by Gasteiger charge is 2.19. The molecule has 0 amide bonds. The first-order valence-electron chi connectivity index (χ1n) is 24.3. The lowest BCUT2D eigenvalue weighted by molar-refractivity contribution is -0.167. The number of hydrogen-bond donors (Lipinski definition) is 0. The van der Waals surface area contributed by atoms with Gasteiger partial charge in [-0.25, -0.2) is 0 Å². The van der Waals surface area contributed by atoms with E-state index < -0.39 is 6.10 Å². The van der Waals surface area contributed by atoms with Gasteiger partial charge < -0.3 is 14.2 Å². The zero-order valence-electron chi connectivity index (χ0n) is 37.6. The Morgan fingerprint density at radius 3 is 1.04 bits per heavy atom. The molecule has 0 saturated heterocycles. The van der Waals surface area contributed by atoms with Crippen molar-refractivity contribution in [1.29, 1.82) is 0 Å². The van der Waals surface area contributed by atoms with Crippen molar-refractivity contribution in [2.24, 2.45) is 11.8 Å². The summed E-state index contributed by atoms with van der Waals surface area (Å²) >= 11 is 0. The monoisotopic (exact) mass is 779 g/mol. The number of ether oxygens (including phenoxy) is 3. The maximum Gasteiger partial charge on any atom is 0.306 e. The van der Waals surface area contributed by atoms with Gasteiger partial charge >= 0.3 is 17.9 Å². The minimum Gasteiger partial charge on any atom is -0.462 e. The molecule has 0 saturated carbocycles. The molecule has 0 aliphatic carbocycles. The van der Waals surface area contributed by atoms with Crippen LogP contribution in [0.25, 0.3) is 0 Å². The van der Waals surface area contributed by atoms with Gasteiger partial charge in [0.1, 0.15) is 13.2 Å². The summed E-state index contributed by atoms with van der Waals surface area (Å²) in [7, 11) is 0. The molecule has 0 rings (SSSR count). The van der Waals surface area contributed by atoms with Gasteiger partial charge in [0.05, 0.1) is 0 Å². The zero-order valence-corrected chi connectivity index (χ0v) is 37.6. The van der Waals surface area contributed by atoms with Crippen molar-refractivity contribution >= 4 is 17.9 Å². The molecule has 2 atom stereocenters. The Balaban J connectivity index is 4.33. The lowest BCUT2D eigenvalue weighted by Gasteiger charge is -2.18. The molecule has 6 heteroatoms. The maximum absolute atomic E-state index is 12.7. The van der Waals surface area contributed by atoms with E-state index in [4.69, 9.17) is 14.2 Å². The molecule has 326 valence electrons. The Morgan fingerprint density at radius 1 is 0.382 bits per heavy atom. The van der Waals surface area contributed by atoms with Crippen LogP contribution in [0.2, 0.25) is 0 Å². The smallest absolute Gasteiger partial charge is 0.306 e. The van der Waals surface area contributed by atoms with Gasteiger partial charge in [-0.15, -0.1) is 0 Å². The molecule has 0 aliphatic rings. The largest absolute Gasteiger partial charge is 0.462 e. The second kappa shape index (κ2) is 42.0. The maximum atomic E-state index is 12.7. The molecule has 0 aromatic rings. The molecule has 0 heterocycles. The quantitative estimate of drug-likeness (QED) is 0.0348. The van der Waals surface area contributed by atoms with Crippen LogP contribution in [0.4, 0.5) is 0 Å². The number of carbonyl (C=O) groups excluding carboxylic acids is 3. The zero-order chi connectivity index (χ0) is 40.5. The van der Waals surface area contributed by atoms with E-state index in [0.29, 0.717) is 19.3 Å². The van der Waals surface area contributed by atoms with E-state index in [2.05, 4.69) is 34.6 Å². The van der Waals surface area contributed by atoms with E-state index in [1.54, 1.807) is 0 Å². The number of esters is 3. The van der Waals surface area contributed by atoms with Crippen LogP contribution in [0.5, 0.6) is 0 Å². The van der Waals surface area contributed by atoms with Gasteiger partial charge in [0.2, 0.25) is 0 Å². The van der Waals surface area contributed by atoms with Crippen molar-refractivity contribution in [3.63, 3.8) is 0 Å². The summed E-state index contributed by atoms with van der Waals surface area (Å²) in [6.07, 6.45) is 40.9. The number of hydrogen-bond acceptors (Lipinski definition) is 6. The number of unbranched alkanes of at least 4 members (excludes halogenated alkanes) is 27. The Morgan fingerprint density at radius 2 is 0.691 bits per heavy atom. The Hall–Kier alpha value is -1.59. The van der Waals surface area contributed by atoms with E-state index in [1.165, 1.54) is 154 Å². The molecule has 0 bridgehead atoms. The molecule has 0 fully saturated rings. The fourth-order valence-corrected chi connectivity index (χ4v) is 7.25. The SMILES string of the molecule is CCCCCCCCCCCCCCCCC(=O)O[C@H](COC(=O)CCCCCCCCCCCCC(C)C)COC(=O)CCCCCCCCC(C)CC. The summed E-state index contributed by atoms with van der Waals surface area (Å²) in [6.45, 7) is 11.3. The van der Waals surface area contributed by atoms with Gasteiger partial charge in [0, 0.05) is 19.3 Å². The minimum absolute atomic E-state index is 0.0651. The standard InChI is InChI=1S/C49H94O6/c1-6-8-9-10-11-12-13-14-15-16-21-24-31-36-41-49(52)55-46(43-54-48(51)40-35-30-26-25-28-33-38-45(5)7-2)42-53-47(50)39-34-29-23-20-18-17-19-22-27-32-37-44(3)4/h44-46H,6-43H2,1-5H3/t45?,46-/m1/s1. The summed E-state index contributed by atoms with van der Waals surface area (Å²) in [4.78, 5) is 37.8. The van der Waals surface area contributed by atoms with E-state index in [0.717, 1.165) is 69.6 Å². The molecule has 1 unspecified atom stereocenters. The molecule has 55 heavy (non-hydrogen) atoms. The van der Waals surface area contributed by atoms with Gasteiger partial charge in [-0.1, -0.05) is 227 Å². The first-order valence-corrected chi connectivity index (χ1v) is 24.3. The van der Waals surface area contributed by atoms with Crippen molar-refractivity contribution in [1.82, 2.24) is 0 Å². The van der Waals surface area contributed by atoms with Crippen molar-refractivity contribution in [3.8, 4) is 0 Å². The van der Waals surface area contributed by atoms with Gasteiger partial charge in [0.25, 0.3) is 0 Å². The van der Waals surface area contributed by atoms with Crippen LogP contribution in [0, 0.1) is 11.8 Å². The predicted molar refractivity (Wildman–Crippen MR) is 233 cm³/mol. The normalized spacial score (nSPS) is 12.5. The fourth-order valence-electron chi connectivity index (χ4n) is 7.25. The van der Waals surface area contributed by atoms with Crippen molar-refractivity contribution in [3.05, 3.63) is 0 Å². The van der Waals surface area contributed by atoms with Crippen molar-refractivity contribution in [2.45, 2.75) is 272 Å². The lowest BCUT2D eigenvalue weighted by Crippen LogP contribution is -2.30. The van der Waals surface area contributed by atoms with E-state index in [9.17, 15) is 14.4 Å². The highest BCUT2D eigenvalue weighted by atomic mass is 16.6. The topological polar surface area (TPSA) is 78.9 Å². The van der Waals surface area contributed by atoms with E-state index >= 15 is 0 Å². The Labute approximate surface area is 342 Å². The Kier molecular flexibility index (Phi) is 40.8. The van der Waals surface area contributed by atoms with Crippen LogP contribution in [0.1, 0.15) is 266 Å². The molecule has 0 radical (unpaired) electrons. The van der Waals surface area contributed by atoms with Crippen LogP contribution < -0.4 is 0 Å². The average molecular weight is 779 g/mol. The summed E-state index contributed by atoms with van der Waals surface area (Å²) in [5, 5.41) is 0. The Bertz CT molecular complexity index is 841. The number of rotatable bonds is 43. The second-order valence-corrected chi connectivity index (χ2v) is 17.5. The fraction of sp³-hybridized carbons (Fsp3) is 0.939. The van der Waals surface area contributed by atoms with Crippen LogP contribution in [0.3, 0.4) is 0 Å². The summed E-state index contributed by atoms with van der Waals surface area (Å²) < 4.78 is 16.8. The third-order valence-corrected chi connectivity index (χ3v) is 11.3. The molecular weight excluding hydrogens is 685 g/mol. The minimum atomic E-state index is -0.761. The van der Waals surface area contributed by atoms with Gasteiger partial charge in [-0.3, -0.25) is 14.4 Å². The van der Waals surface area contributed by atoms with Crippen LogP contribution in [-0.2, 0) is 28.6 Å². The molecule has 0 aliphatic heterocycles. The summed E-state index contributed by atoms with van der Waals surface area (Å²) in [5.74, 6) is 0.777. The molecule has 6 nitrogen and oxygen atoms in total. The van der Waals surface area contributed by atoms with Gasteiger partial charge in [-0.2, -0.15) is 0 Å². The van der Waals surface area contributed by atoms with Crippen LogP contribution in [0.15, 0.2) is 0 Å². The molecular formula is C49H94O6. The predicted octanol–water partition coefficient (Wildman–Crippen LogP) is 15.4. The lowest BCUT2D eigenvalue weighted by atomic mass is 10.00. The average Bonchev–Trinajstić information content (AvgIpc) is 3.17. The third kappa shape index (κ3) is 41.9. The highest BCUT2D eigenvalue weighted by Crippen LogP contribution is 2.17. The molecule has 0 spiro atoms. The van der Waals surface area contributed by atoms with Crippen LogP contribution in [-0.4, -0.2) is 37.2 Å². The first kappa shape index (κ1) is 53.4. The summed E-state index contributed by atoms with van der Waals surface area (Å²) in [6, 6.07) is 0. The second-order valence-electron chi connectivity index (χ2n) is 17.5. The first-order chi connectivity index (χ1) is 26.8.